The number of amides is 1. The second-order valence-electron chi connectivity index (χ2n) is 7.01. The number of nitrogens with one attached hydrogen (secondary N) is 1. The Bertz CT molecular complexity index is 1110. The summed E-state index contributed by atoms with van der Waals surface area (Å²) in [5.41, 5.74) is 2.30. The first-order valence-corrected chi connectivity index (χ1v) is 10.2. The van der Waals surface area contributed by atoms with Gasteiger partial charge in [-0.3, -0.25) is 4.79 Å². The number of carbonyl (C=O) groups excluding carboxylic acids is 1. The lowest BCUT2D eigenvalue weighted by Crippen LogP contribution is -2.39. The van der Waals surface area contributed by atoms with Gasteiger partial charge in [0.15, 0.2) is 11.6 Å². The molecule has 0 radical (unpaired) electrons. The first-order valence-electron chi connectivity index (χ1n) is 9.41. The van der Waals surface area contributed by atoms with Crippen molar-refractivity contribution in [3.63, 3.8) is 0 Å². The monoisotopic (exact) mass is 463 g/mol. The summed E-state index contributed by atoms with van der Waals surface area (Å²) in [5, 5.41) is 20.7. The molecule has 1 amide bonds. The fourth-order valence-corrected chi connectivity index (χ4v) is 3.37. The van der Waals surface area contributed by atoms with Gasteiger partial charge in [0.25, 0.3) is 11.8 Å². The summed E-state index contributed by atoms with van der Waals surface area (Å²) in [6.07, 6.45) is 0.317. The van der Waals surface area contributed by atoms with Gasteiger partial charge in [-0.25, -0.2) is 4.39 Å². The van der Waals surface area contributed by atoms with E-state index in [2.05, 4.69) is 15.5 Å². The number of hydrogen-bond acceptors (Lipinski definition) is 5. The van der Waals surface area contributed by atoms with Gasteiger partial charge < -0.3 is 15.2 Å². The van der Waals surface area contributed by atoms with Crippen molar-refractivity contribution in [3.8, 4) is 11.6 Å². The molecule has 6 nitrogen and oxygen atoms in total. The summed E-state index contributed by atoms with van der Waals surface area (Å²) in [7, 11) is 0. The standard InChI is InChI=1S/C22H20Cl2FN3O3/c1-12-6-7-14(18(24)8-12)10-15(11-29)26-21(30)16-9-13(2)27-28-22(16)31-19-5-3-4-17(23)20(19)25/h3-9,15,29H,10-11H2,1-2H3,(H,26,30)/t15-/m0/s1. The molecule has 0 aliphatic carbocycles. The Balaban J connectivity index is 1.83. The quantitative estimate of drug-likeness (QED) is 0.531. The molecule has 0 spiro atoms. The highest BCUT2D eigenvalue weighted by Crippen LogP contribution is 2.29. The molecule has 2 N–H and O–H groups in total. The van der Waals surface area contributed by atoms with Gasteiger partial charge in [-0.05, 0) is 55.7 Å². The van der Waals surface area contributed by atoms with E-state index in [0.29, 0.717) is 17.1 Å². The van der Waals surface area contributed by atoms with E-state index in [0.717, 1.165) is 11.1 Å². The topological polar surface area (TPSA) is 84.3 Å². The van der Waals surface area contributed by atoms with Crippen molar-refractivity contribution in [2.24, 2.45) is 0 Å². The van der Waals surface area contributed by atoms with Crippen LogP contribution in [0.1, 0.15) is 27.2 Å². The van der Waals surface area contributed by atoms with Crippen LogP contribution in [-0.4, -0.2) is 33.9 Å². The molecule has 0 fully saturated rings. The maximum Gasteiger partial charge on any atom is 0.257 e. The average Bonchev–Trinajstić information content (AvgIpc) is 2.73. The third-order valence-electron chi connectivity index (χ3n) is 4.48. The number of aliphatic hydroxyl groups is 1. The van der Waals surface area contributed by atoms with Crippen molar-refractivity contribution in [1.82, 2.24) is 15.5 Å². The van der Waals surface area contributed by atoms with Gasteiger partial charge in [0.2, 0.25) is 0 Å². The largest absolute Gasteiger partial charge is 0.434 e. The van der Waals surface area contributed by atoms with Crippen LogP contribution in [0, 0.1) is 19.7 Å². The Labute approximate surface area is 189 Å². The molecular weight excluding hydrogens is 444 g/mol. The summed E-state index contributed by atoms with van der Waals surface area (Å²) in [4.78, 5) is 12.9. The molecule has 1 heterocycles. The molecule has 3 aromatic rings. The summed E-state index contributed by atoms with van der Waals surface area (Å²) < 4.78 is 19.7. The van der Waals surface area contributed by atoms with E-state index in [1.54, 1.807) is 6.92 Å². The molecule has 1 atom stereocenters. The van der Waals surface area contributed by atoms with Crippen LogP contribution in [0.15, 0.2) is 42.5 Å². The van der Waals surface area contributed by atoms with Crippen molar-refractivity contribution in [3.05, 3.63) is 80.7 Å². The van der Waals surface area contributed by atoms with E-state index < -0.39 is 17.8 Å². The van der Waals surface area contributed by atoms with Gasteiger partial charge in [0.1, 0.15) is 5.56 Å². The zero-order valence-electron chi connectivity index (χ0n) is 16.8. The number of aliphatic hydroxyl groups excluding tert-OH is 1. The van der Waals surface area contributed by atoms with Crippen molar-refractivity contribution >= 4 is 29.1 Å². The molecule has 9 heteroatoms. The number of ether oxygens (including phenoxy) is 1. The van der Waals surface area contributed by atoms with Gasteiger partial charge >= 0.3 is 0 Å². The molecule has 3 rings (SSSR count). The van der Waals surface area contributed by atoms with Gasteiger partial charge in [-0.15, -0.1) is 5.10 Å². The van der Waals surface area contributed by atoms with Gasteiger partial charge in [0.05, 0.1) is 23.4 Å². The molecule has 0 bridgehead atoms. The van der Waals surface area contributed by atoms with Crippen LogP contribution < -0.4 is 10.1 Å². The van der Waals surface area contributed by atoms with Crippen molar-refractivity contribution in [2.75, 3.05) is 6.61 Å². The van der Waals surface area contributed by atoms with Crippen LogP contribution >= 0.6 is 23.2 Å². The fraction of sp³-hybridized carbons (Fsp3) is 0.227. The minimum Gasteiger partial charge on any atom is -0.434 e. The number of carbonyl (C=O) groups is 1. The van der Waals surface area contributed by atoms with Crippen LogP contribution in [0.2, 0.25) is 10.0 Å². The van der Waals surface area contributed by atoms with Crippen LogP contribution in [0.25, 0.3) is 0 Å². The Kier molecular flexibility index (Phi) is 7.43. The molecule has 31 heavy (non-hydrogen) atoms. The summed E-state index contributed by atoms with van der Waals surface area (Å²) >= 11 is 12.1. The predicted octanol–water partition coefficient (Wildman–Crippen LogP) is 4.67. The highest BCUT2D eigenvalue weighted by Gasteiger charge is 2.21. The molecule has 0 saturated carbocycles. The lowest BCUT2D eigenvalue weighted by atomic mass is 10.0. The Morgan fingerprint density at radius 3 is 2.65 bits per heavy atom. The van der Waals surface area contributed by atoms with E-state index in [4.69, 9.17) is 27.9 Å². The number of hydrogen-bond donors (Lipinski definition) is 2. The van der Waals surface area contributed by atoms with Crippen LogP contribution in [-0.2, 0) is 6.42 Å². The predicted molar refractivity (Wildman–Crippen MR) is 116 cm³/mol. The molecule has 0 aliphatic heterocycles. The van der Waals surface area contributed by atoms with E-state index in [9.17, 15) is 14.3 Å². The molecule has 1 aromatic heterocycles. The van der Waals surface area contributed by atoms with E-state index >= 15 is 0 Å². The summed E-state index contributed by atoms with van der Waals surface area (Å²) in [6.45, 7) is 3.26. The Morgan fingerprint density at radius 1 is 1.16 bits per heavy atom. The molecular formula is C22H20Cl2FN3O3. The minimum absolute atomic E-state index is 0.0420. The number of aromatic nitrogens is 2. The van der Waals surface area contributed by atoms with E-state index in [1.165, 1.54) is 24.3 Å². The van der Waals surface area contributed by atoms with Crippen molar-refractivity contribution in [2.45, 2.75) is 26.3 Å². The van der Waals surface area contributed by atoms with Crippen LogP contribution in [0.3, 0.4) is 0 Å². The minimum atomic E-state index is -0.778. The van der Waals surface area contributed by atoms with Gasteiger partial charge in [-0.2, -0.15) is 5.10 Å². The zero-order chi connectivity index (χ0) is 22.5. The van der Waals surface area contributed by atoms with E-state index in [-0.39, 0.29) is 28.8 Å². The zero-order valence-corrected chi connectivity index (χ0v) is 18.3. The molecule has 2 aromatic carbocycles. The van der Waals surface area contributed by atoms with Crippen LogP contribution in [0.5, 0.6) is 11.6 Å². The fourth-order valence-electron chi connectivity index (χ4n) is 2.89. The lowest BCUT2D eigenvalue weighted by molar-refractivity contribution is 0.0913. The third-order valence-corrected chi connectivity index (χ3v) is 5.12. The molecule has 162 valence electrons. The van der Waals surface area contributed by atoms with Gasteiger partial charge in [-0.1, -0.05) is 41.4 Å². The molecule has 0 unspecified atom stereocenters. The van der Waals surface area contributed by atoms with Crippen LogP contribution in [0.4, 0.5) is 4.39 Å². The number of benzene rings is 2. The summed E-state index contributed by atoms with van der Waals surface area (Å²) in [5.74, 6) is -1.71. The lowest BCUT2D eigenvalue weighted by Gasteiger charge is -2.18. The first-order chi connectivity index (χ1) is 14.8. The highest BCUT2D eigenvalue weighted by molar-refractivity contribution is 6.31. The second kappa shape index (κ2) is 10.0. The van der Waals surface area contributed by atoms with Crippen molar-refractivity contribution in [1.29, 1.82) is 0 Å². The Hall–Kier alpha value is -2.74. The third kappa shape index (κ3) is 5.70. The average molecular weight is 464 g/mol. The summed E-state index contributed by atoms with van der Waals surface area (Å²) in [6, 6.07) is 10.7. The number of aryl methyl sites for hydroxylation is 2. The number of rotatable bonds is 7. The smallest absolute Gasteiger partial charge is 0.257 e. The van der Waals surface area contributed by atoms with E-state index in [1.807, 2.05) is 25.1 Å². The second-order valence-corrected chi connectivity index (χ2v) is 7.82. The SMILES string of the molecule is Cc1ccc(C[C@@H](CO)NC(=O)c2cc(C)nnc2Oc2cccc(Cl)c2F)c(Cl)c1. The first kappa shape index (κ1) is 22.9. The van der Waals surface area contributed by atoms with Gasteiger partial charge in [0, 0.05) is 5.02 Å². The highest BCUT2D eigenvalue weighted by atomic mass is 35.5. The number of halogens is 3. The number of nitrogens with zero attached hydrogens (tertiary/aromatic N) is 2. The Morgan fingerprint density at radius 2 is 1.94 bits per heavy atom. The maximum absolute atomic E-state index is 14.2. The van der Waals surface area contributed by atoms with Crippen molar-refractivity contribution < 1.29 is 19.0 Å². The normalized spacial score (nSPS) is 11.8. The molecule has 0 aliphatic rings. The maximum atomic E-state index is 14.2. The molecule has 0 saturated heterocycles.